The molecule has 4 atom stereocenters. The lowest BCUT2D eigenvalue weighted by molar-refractivity contribution is 0.0793. The maximum Gasteiger partial charge on any atom is -0.0360 e. The van der Waals surface area contributed by atoms with Gasteiger partial charge in [-0.3, -0.25) is 0 Å². The molecule has 20 heavy (non-hydrogen) atoms. The van der Waals surface area contributed by atoms with Crippen LogP contribution in [0.3, 0.4) is 0 Å². The van der Waals surface area contributed by atoms with Gasteiger partial charge in [0.05, 0.1) is 0 Å². The van der Waals surface area contributed by atoms with Gasteiger partial charge in [0, 0.05) is 0 Å². The van der Waals surface area contributed by atoms with Crippen LogP contribution in [0.1, 0.15) is 81.1 Å². The van der Waals surface area contributed by atoms with Crippen LogP contribution in [0.4, 0.5) is 0 Å². The zero-order valence-corrected chi connectivity index (χ0v) is 15.4. The normalized spacial score (nSPS) is 33.0. The Morgan fingerprint density at radius 3 is 0.650 bits per heavy atom. The van der Waals surface area contributed by atoms with Gasteiger partial charge in [0.15, 0.2) is 0 Å². The van der Waals surface area contributed by atoms with Crippen LogP contribution in [-0.2, 0) is 0 Å². The molecule has 0 aromatic rings. The van der Waals surface area contributed by atoms with Crippen molar-refractivity contribution >= 4 is 0 Å². The van der Waals surface area contributed by atoms with E-state index in [0.29, 0.717) is 0 Å². The summed E-state index contributed by atoms with van der Waals surface area (Å²) in [6.07, 6.45) is 5.86. The first kappa shape index (κ1) is 18.1. The Bertz CT molecular complexity index is 205. The van der Waals surface area contributed by atoms with Crippen LogP contribution in [-0.4, -0.2) is 0 Å². The Kier molecular flexibility index (Phi) is 7.09. The van der Waals surface area contributed by atoms with E-state index >= 15 is 0 Å². The Labute approximate surface area is 129 Å². The third-order valence-corrected chi connectivity index (χ3v) is 6.19. The van der Waals surface area contributed by atoms with Gasteiger partial charge in [-0.05, 0) is 73.0 Å². The van der Waals surface area contributed by atoms with Crippen molar-refractivity contribution in [2.75, 3.05) is 0 Å². The third kappa shape index (κ3) is 4.50. The Morgan fingerprint density at radius 1 is 0.400 bits per heavy atom. The molecule has 0 bridgehead atoms. The lowest BCUT2D eigenvalue weighted by Crippen LogP contribution is -2.33. The second kappa shape index (κ2) is 7.85. The van der Waals surface area contributed by atoms with E-state index in [4.69, 9.17) is 0 Å². The van der Waals surface area contributed by atoms with Crippen LogP contribution >= 0.6 is 0 Å². The minimum absolute atomic E-state index is 0.853. The molecule has 120 valence electrons. The van der Waals surface area contributed by atoms with Crippen LogP contribution in [0.15, 0.2) is 0 Å². The molecule has 1 aliphatic carbocycles. The molecule has 0 aliphatic heterocycles. The number of hydrogen-bond acceptors (Lipinski definition) is 0. The molecule has 0 aromatic heterocycles. The zero-order valence-electron chi connectivity index (χ0n) is 15.4. The summed E-state index contributed by atoms with van der Waals surface area (Å²) in [5, 5.41) is 0. The third-order valence-electron chi connectivity index (χ3n) is 6.19. The van der Waals surface area contributed by atoms with Crippen LogP contribution in [0, 0.1) is 47.3 Å². The fourth-order valence-corrected chi connectivity index (χ4v) is 4.94. The first-order valence-corrected chi connectivity index (χ1v) is 9.25. The van der Waals surface area contributed by atoms with Crippen molar-refractivity contribution in [3.05, 3.63) is 0 Å². The molecule has 1 rings (SSSR count). The molecule has 0 nitrogen and oxygen atoms in total. The highest BCUT2D eigenvalue weighted by Crippen LogP contribution is 2.44. The van der Waals surface area contributed by atoms with Crippen molar-refractivity contribution in [1.82, 2.24) is 0 Å². The van der Waals surface area contributed by atoms with Crippen molar-refractivity contribution in [3.63, 3.8) is 0 Å². The fourth-order valence-electron chi connectivity index (χ4n) is 4.94. The first-order chi connectivity index (χ1) is 9.25. The molecule has 1 aliphatic rings. The standard InChI is InChI=1S/C20H40/c1-13(2)17-9-10-19(15(5)6)20(16(7)8)12-11-18(17)14(3)4/h13-20H,9-12H2,1-8H3/t17-,18+,19+,20-. The highest BCUT2D eigenvalue weighted by atomic mass is 14.4. The number of rotatable bonds is 4. The van der Waals surface area contributed by atoms with Gasteiger partial charge >= 0.3 is 0 Å². The van der Waals surface area contributed by atoms with Crippen molar-refractivity contribution in [3.8, 4) is 0 Å². The molecule has 0 unspecified atom stereocenters. The second-order valence-electron chi connectivity index (χ2n) is 8.79. The van der Waals surface area contributed by atoms with Gasteiger partial charge in [0.25, 0.3) is 0 Å². The van der Waals surface area contributed by atoms with E-state index in [9.17, 15) is 0 Å². The first-order valence-electron chi connectivity index (χ1n) is 9.25. The van der Waals surface area contributed by atoms with Crippen LogP contribution < -0.4 is 0 Å². The van der Waals surface area contributed by atoms with Gasteiger partial charge < -0.3 is 0 Å². The van der Waals surface area contributed by atoms with Crippen molar-refractivity contribution in [2.45, 2.75) is 81.1 Å². The highest BCUT2D eigenvalue weighted by molar-refractivity contribution is 4.85. The Hall–Kier alpha value is 0. The lowest BCUT2D eigenvalue weighted by atomic mass is 9.64. The maximum absolute atomic E-state index is 2.45. The van der Waals surface area contributed by atoms with Crippen LogP contribution in [0.2, 0.25) is 0 Å². The van der Waals surface area contributed by atoms with Crippen molar-refractivity contribution in [2.24, 2.45) is 47.3 Å². The Balaban J connectivity index is 2.90. The van der Waals surface area contributed by atoms with Gasteiger partial charge in [-0.1, -0.05) is 55.4 Å². The number of hydrogen-bond donors (Lipinski definition) is 0. The summed E-state index contributed by atoms with van der Waals surface area (Å²) in [7, 11) is 0. The summed E-state index contributed by atoms with van der Waals surface area (Å²) < 4.78 is 0. The topological polar surface area (TPSA) is 0 Å². The molecule has 0 aromatic carbocycles. The van der Waals surface area contributed by atoms with E-state index in [2.05, 4.69) is 55.4 Å². The highest BCUT2D eigenvalue weighted by Gasteiger charge is 2.35. The molecule has 0 radical (unpaired) electrons. The molecule has 0 N–H and O–H groups in total. The summed E-state index contributed by atoms with van der Waals surface area (Å²) in [6, 6.07) is 0. The molecule has 1 fully saturated rings. The zero-order chi connectivity index (χ0) is 15.4. The van der Waals surface area contributed by atoms with Gasteiger partial charge in [0.1, 0.15) is 0 Å². The summed E-state index contributed by atoms with van der Waals surface area (Å²) in [4.78, 5) is 0. The average molecular weight is 281 g/mol. The van der Waals surface area contributed by atoms with Gasteiger partial charge in [0.2, 0.25) is 0 Å². The Morgan fingerprint density at radius 2 is 0.550 bits per heavy atom. The van der Waals surface area contributed by atoms with E-state index in [-0.39, 0.29) is 0 Å². The maximum atomic E-state index is 2.45. The predicted molar refractivity (Wildman–Crippen MR) is 91.8 cm³/mol. The largest absolute Gasteiger partial charge is 0.0625 e. The molecule has 0 saturated heterocycles. The lowest BCUT2D eigenvalue weighted by Gasteiger charge is -2.42. The predicted octanol–water partition coefficient (Wildman–Crippen LogP) is 6.65. The van der Waals surface area contributed by atoms with E-state index in [0.717, 1.165) is 47.3 Å². The smallest absolute Gasteiger partial charge is 0.0360 e. The summed E-state index contributed by atoms with van der Waals surface area (Å²) in [5.41, 5.74) is 0. The molecular formula is C20H40. The van der Waals surface area contributed by atoms with Gasteiger partial charge in [-0.2, -0.15) is 0 Å². The van der Waals surface area contributed by atoms with E-state index in [1.54, 1.807) is 0 Å². The molecule has 1 saturated carbocycles. The van der Waals surface area contributed by atoms with Crippen molar-refractivity contribution < 1.29 is 0 Å². The summed E-state index contributed by atoms with van der Waals surface area (Å²) in [6.45, 7) is 19.6. The minimum atomic E-state index is 0.853. The quantitative estimate of drug-likeness (QED) is 0.541. The molecule has 0 heteroatoms. The molecule has 0 amide bonds. The van der Waals surface area contributed by atoms with E-state index in [1.165, 1.54) is 25.7 Å². The fraction of sp³-hybridized carbons (Fsp3) is 1.00. The summed E-state index contributed by atoms with van der Waals surface area (Å²) in [5.74, 6) is 7.20. The summed E-state index contributed by atoms with van der Waals surface area (Å²) >= 11 is 0. The van der Waals surface area contributed by atoms with E-state index in [1.807, 2.05) is 0 Å². The SMILES string of the molecule is CC(C)[C@H]1CC[C@@H](C(C)C)[C@@H](C(C)C)CC[C@H]1C(C)C. The van der Waals surface area contributed by atoms with Crippen LogP contribution in [0.25, 0.3) is 0 Å². The monoisotopic (exact) mass is 280 g/mol. The van der Waals surface area contributed by atoms with Crippen molar-refractivity contribution in [1.29, 1.82) is 0 Å². The minimum Gasteiger partial charge on any atom is -0.0625 e. The molecular weight excluding hydrogens is 240 g/mol. The second-order valence-corrected chi connectivity index (χ2v) is 8.79. The molecule has 0 heterocycles. The van der Waals surface area contributed by atoms with Crippen LogP contribution in [0.5, 0.6) is 0 Å². The average Bonchev–Trinajstić information content (AvgIpc) is 2.26. The van der Waals surface area contributed by atoms with Gasteiger partial charge in [-0.25, -0.2) is 0 Å². The van der Waals surface area contributed by atoms with E-state index < -0.39 is 0 Å². The van der Waals surface area contributed by atoms with Gasteiger partial charge in [-0.15, -0.1) is 0 Å². The molecule has 0 spiro atoms.